The molecule has 0 saturated heterocycles. The van der Waals surface area contributed by atoms with Crippen molar-refractivity contribution in [1.82, 2.24) is 0 Å². The predicted octanol–water partition coefficient (Wildman–Crippen LogP) is 3.70. The second kappa shape index (κ2) is 4.80. The van der Waals surface area contributed by atoms with Gasteiger partial charge >= 0.3 is 0 Å². The Labute approximate surface area is 122 Å². The van der Waals surface area contributed by atoms with Gasteiger partial charge in [0, 0.05) is 16.7 Å². The Morgan fingerprint density at radius 1 is 0.900 bits per heavy atom. The Kier molecular flexibility index (Phi) is 3.97. The van der Waals surface area contributed by atoms with Crippen molar-refractivity contribution in [1.29, 1.82) is 0 Å². The van der Waals surface area contributed by atoms with Gasteiger partial charge < -0.3 is 10.8 Å². The van der Waals surface area contributed by atoms with Crippen LogP contribution < -0.4 is 5.73 Å². The van der Waals surface area contributed by atoms with Crippen LogP contribution in [0.2, 0.25) is 0 Å². The molecule has 0 bridgehead atoms. The number of aromatic hydroxyl groups is 1. The van der Waals surface area contributed by atoms with E-state index in [0.717, 1.165) is 22.3 Å². The standard InChI is InChI=1S/C17H27NO2/c1-9-11(15(18)20)10(2)13(17(6,7)8)14(19)12(9)16(3,4)5/h19H,1-8H3,(H2,18,20). The topological polar surface area (TPSA) is 63.3 Å². The zero-order chi connectivity index (χ0) is 16.0. The van der Waals surface area contributed by atoms with Gasteiger partial charge in [-0.15, -0.1) is 0 Å². The Balaban J connectivity index is 4.00. The van der Waals surface area contributed by atoms with Gasteiger partial charge in [-0.3, -0.25) is 4.79 Å². The average molecular weight is 277 g/mol. The van der Waals surface area contributed by atoms with Crippen LogP contribution in [0.3, 0.4) is 0 Å². The Morgan fingerprint density at radius 2 is 1.20 bits per heavy atom. The number of hydrogen-bond acceptors (Lipinski definition) is 2. The van der Waals surface area contributed by atoms with Crippen molar-refractivity contribution in [3.63, 3.8) is 0 Å². The smallest absolute Gasteiger partial charge is 0.249 e. The van der Waals surface area contributed by atoms with Crippen LogP contribution in [0.4, 0.5) is 0 Å². The number of carbonyl (C=O) groups is 1. The van der Waals surface area contributed by atoms with Crippen molar-refractivity contribution < 1.29 is 9.90 Å². The lowest BCUT2D eigenvalue weighted by atomic mass is 9.73. The zero-order valence-corrected chi connectivity index (χ0v) is 13.9. The van der Waals surface area contributed by atoms with E-state index in [-0.39, 0.29) is 10.8 Å². The molecule has 3 nitrogen and oxygen atoms in total. The quantitative estimate of drug-likeness (QED) is 0.822. The van der Waals surface area contributed by atoms with Crippen molar-refractivity contribution in [2.75, 3.05) is 0 Å². The van der Waals surface area contributed by atoms with Gasteiger partial charge in [0.25, 0.3) is 0 Å². The van der Waals surface area contributed by atoms with Gasteiger partial charge in [0.05, 0.1) is 0 Å². The van der Waals surface area contributed by atoms with Gasteiger partial charge in [-0.05, 0) is 35.8 Å². The molecule has 0 aliphatic heterocycles. The largest absolute Gasteiger partial charge is 0.507 e. The normalized spacial score (nSPS) is 12.6. The summed E-state index contributed by atoms with van der Waals surface area (Å²) in [6.45, 7) is 15.9. The van der Waals surface area contributed by atoms with E-state index < -0.39 is 5.91 Å². The minimum Gasteiger partial charge on any atom is -0.507 e. The number of carbonyl (C=O) groups excluding carboxylic acids is 1. The minimum atomic E-state index is -0.434. The summed E-state index contributed by atoms with van der Waals surface area (Å²) in [7, 11) is 0. The van der Waals surface area contributed by atoms with Crippen molar-refractivity contribution in [2.45, 2.75) is 66.2 Å². The summed E-state index contributed by atoms with van der Waals surface area (Å²) in [5.74, 6) is -0.138. The van der Waals surface area contributed by atoms with Crippen LogP contribution in [0.15, 0.2) is 0 Å². The lowest BCUT2D eigenvalue weighted by Crippen LogP contribution is -2.25. The van der Waals surface area contributed by atoms with Crippen molar-refractivity contribution in [3.05, 3.63) is 27.8 Å². The lowest BCUT2D eigenvalue weighted by Gasteiger charge is -2.32. The zero-order valence-electron chi connectivity index (χ0n) is 13.9. The van der Waals surface area contributed by atoms with Gasteiger partial charge in [-0.1, -0.05) is 41.5 Å². The number of primary amides is 1. The first-order chi connectivity index (χ1) is 8.80. The molecule has 3 heteroatoms. The van der Waals surface area contributed by atoms with E-state index in [0.29, 0.717) is 11.3 Å². The second-order valence-corrected chi connectivity index (χ2v) is 7.59. The predicted molar refractivity (Wildman–Crippen MR) is 83.5 cm³/mol. The Morgan fingerprint density at radius 3 is 1.40 bits per heavy atom. The summed E-state index contributed by atoms with van der Waals surface area (Å²) < 4.78 is 0. The van der Waals surface area contributed by atoms with Crippen LogP contribution >= 0.6 is 0 Å². The van der Waals surface area contributed by atoms with Gasteiger partial charge in [0.2, 0.25) is 5.91 Å². The van der Waals surface area contributed by atoms with Crippen molar-refractivity contribution in [3.8, 4) is 5.75 Å². The van der Waals surface area contributed by atoms with E-state index in [4.69, 9.17) is 5.73 Å². The molecule has 0 saturated carbocycles. The van der Waals surface area contributed by atoms with E-state index >= 15 is 0 Å². The fraction of sp³-hybridized carbons (Fsp3) is 0.588. The molecule has 112 valence electrons. The monoisotopic (exact) mass is 277 g/mol. The fourth-order valence-corrected chi connectivity index (χ4v) is 3.22. The van der Waals surface area contributed by atoms with Crippen LogP contribution in [0.25, 0.3) is 0 Å². The maximum Gasteiger partial charge on any atom is 0.249 e. The molecule has 0 aliphatic carbocycles. The number of rotatable bonds is 1. The van der Waals surface area contributed by atoms with Crippen LogP contribution in [-0.2, 0) is 10.8 Å². The van der Waals surface area contributed by atoms with Gasteiger partial charge in [0.1, 0.15) is 5.75 Å². The summed E-state index contributed by atoms with van der Waals surface area (Å²) >= 11 is 0. The summed E-state index contributed by atoms with van der Waals surface area (Å²) in [6, 6.07) is 0. The molecule has 3 N–H and O–H groups in total. The highest BCUT2D eigenvalue weighted by atomic mass is 16.3. The van der Waals surface area contributed by atoms with Crippen molar-refractivity contribution in [2.24, 2.45) is 5.73 Å². The minimum absolute atomic E-state index is 0.258. The van der Waals surface area contributed by atoms with Crippen molar-refractivity contribution >= 4 is 5.91 Å². The average Bonchev–Trinajstić information content (AvgIpc) is 2.09. The highest BCUT2D eigenvalue weighted by Crippen LogP contribution is 2.44. The SMILES string of the molecule is Cc1c(C(N)=O)c(C)c(C(C)(C)C)c(O)c1C(C)(C)C. The Hall–Kier alpha value is -1.51. The third-order valence-corrected chi connectivity index (χ3v) is 3.72. The Bertz CT molecular complexity index is 517. The second-order valence-electron chi connectivity index (χ2n) is 7.59. The maximum atomic E-state index is 11.9. The summed E-state index contributed by atoms with van der Waals surface area (Å²) in [4.78, 5) is 11.9. The molecule has 0 spiro atoms. The summed E-state index contributed by atoms with van der Waals surface area (Å²) in [6.07, 6.45) is 0. The number of phenolic OH excluding ortho intramolecular Hbond substituents is 1. The number of amides is 1. The molecule has 0 aliphatic rings. The van der Waals surface area contributed by atoms with E-state index in [2.05, 4.69) is 0 Å². The number of phenols is 1. The molecule has 1 rings (SSSR count). The number of benzene rings is 1. The number of hydrogen-bond donors (Lipinski definition) is 2. The molecule has 0 radical (unpaired) electrons. The maximum absolute atomic E-state index is 11.9. The summed E-state index contributed by atoms with van der Waals surface area (Å²) in [5, 5.41) is 10.8. The van der Waals surface area contributed by atoms with Gasteiger partial charge in [-0.25, -0.2) is 0 Å². The van der Waals surface area contributed by atoms with Crippen LogP contribution in [0.5, 0.6) is 5.75 Å². The molecule has 0 heterocycles. The first-order valence-electron chi connectivity index (χ1n) is 6.97. The molecule has 0 unspecified atom stereocenters. The third kappa shape index (κ3) is 2.67. The molecule has 0 atom stereocenters. The highest BCUT2D eigenvalue weighted by molar-refractivity contribution is 5.97. The fourth-order valence-electron chi connectivity index (χ4n) is 3.22. The lowest BCUT2D eigenvalue weighted by molar-refractivity contribution is 0.0999. The molecule has 1 aromatic carbocycles. The molecule has 1 amide bonds. The molecule has 1 aromatic rings. The molecule has 0 fully saturated rings. The highest BCUT2D eigenvalue weighted by Gasteiger charge is 2.32. The van der Waals surface area contributed by atoms with Gasteiger partial charge in [0.15, 0.2) is 0 Å². The first-order valence-corrected chi connectivity index (χ1v) is 6.97. The summed E-state index contributed by atoms with van der Waals surface area (Å²) in [5.41, 5.74) is 8.78. The van der Waals surface area contributed by atoms with Crippen LogP contribution in [0, 0.1) is 13.8 Å². The van der Waals surface area contributed by atoms with E-state index in [1.807, 2.05) is 55.4 Å². The third-order valence-electron chi connectivity index (χ3n) is 3.72. The van der Waals surface area contributed by atoms with E-state index in [9.17, 15) is 9.90 Å². The number of nitrogens with two attached hydrogens (primary N) is 1. The molecular weight excluding hydrogens is 250 g/mol. The van der Waals surface area contributed by atoms with Crippen LogP contribution in [0.1, 0.15) is 74.2 Å². The molecule has 20 heavy (non-hydrogen) atoms. The van der Waals surface area contributed by atoms with E-state index in [1.54, 1.807) is 0 Å². The molecule has 0 aromatic heterocycles. The van der Waals surface area contributed by atoms with E-state index in [1.165, 1.54) is 0 Å². The first kappa shape index (κ1) is 16.5. The molecular formula is C17H27NO2. The van der Waals surface area contributed by atoms with Gasteiger partial charge in [-0.2, -0.15) is 0 Å². The van der Waals surface area contributed by atoms with Crippen LogP contribution in [-0.4, -0.2) is 11.0 Å².